The molecule has 15 heavy (non-hydrogen) atoms. The normalized spacial score (nSPS) is 15.8. The van der Waals surface area contributed by atoms with Crippen LogP contribution >= 0.6 is 23.2 Å². The molecule has 6 heteroatoms. The zero-order valence-electron chi connectivity index (χ0n) is 8.13. The highest BCUT2D eigenvalue weighted by Crippen LogP contribution is 2.32. The quantitative estimate of drug-likeness (QED) is 0.621. The van der Waals surface area contributed by atoms with Gasteiger partial charge in [-0.2, -0.15) is 0 Å². The van der Waals surface area contributed by atoms with Crippen LogP contribution in [0.25, 0.3) is 0 Å². The number of nitrogens with two attached hydrogens (primary N) is 1. The van der Waals surface area contributed by atoms with Crippen LogP contribution in [0.2, 0.25) is 10.0 Å². The molecule has 1 aromatic rings. The summed E-state index contributed by atoms with van der Waals surface area (Å²) in [5.41, 5.74) is 2.46. The third kappa shape index (κ3) is 2.12. The highest BCUT2D eigenvalue weighted by molar-refractivity contribution is 6.37. The number of aromatic nitrogens is 1. The molecule has 0 bridgehead atoms. The van der Waals surface area contributed by atoms with E-state index in [1.54, 1.807) is 6.07 Å². The van der Waals surface area contributed by atoms with Gasteiger partial charge in [-0.1, -0.05) is 23.2 Å². The Kier molecular flexibility index (Phi) is 3.19. The number of hydrogen-bond acceptors (Lipinski definition) is 4. The highest BCUT2D eigenvalue weighted by atomic mass is 35.5. The third-order valence-corrected chi connectivity index (χ3v) is 3.02. The SMILES string of the molecule is NNc1nc(N2CCCC2)c(Cl)cc1Cl. The minimum atomic E-state index is 0.436. The Morgan fingerprint density at radius 2 is 1.93 bits per heavy atom. The predicted octanol–water partition coefficient (Wildman–Crippen LogP) is 2.27. The van der Waals surface area contributed by atoms with Crippen LogP contribution in [0.4, 0.5) is 11.6 Å². The van der Waals surface area contributed by atoms with Gasteiger partial charge in [0.2, 0.25) is 0 Å². The van der Waals surface area contributed by atoms with Crippen molar-refractivity contribution in [1.82, 2.24) is 4.98 Å². The van der Waals surface area contributed by atoms with Crippen LogP contribution in [0.3, 0.4) is 0 Å². The fraction of sp³-hybridized carbons (Fsp3) is 0.444. The summed E-state index contributed by atoms with van der Waals surface area (Å²) in [6.07, 6.45) is 2.35. The summed E-state index contributed by atoms with van der Waals surface area (Å²) in [5, 5.41) is 1.01. The lowest BCUT2D eigenvalue weighted by atomic mass is 10.4. The van der Waals surface area contributed by atoms with Crippen molar-refractivity contribution in [2.24, 2.45) is 5.84 Å². The van der Waals surface area contributed by atoms with Gasteiger partial charge in [0.1, 0.15) is 5.82 Å². The molecule has 0 spiro atoms. The molecule has 82 valence electrons. The average Bonchev–Trinajstić information content (AvgIpc) is 2.71. The van der Waals surface area contributed by atoms with Crippen molar-refractivity contribution < 1.29 is 0 Å². The van der Waals surface area contributed by atoms with Gasteiger partial charge in [0.05, 0.1) is 10.0 Å². The molecule has 0 aliphatic carbocycles. The van der Waals surface area contributed by atoms with Gasteiger partial charge in [-0.05, 0) is 18.9 Å². The second-order valence-corrected chi connectivity index (χ2v) is 4.28. The Morgan fingerprint density at radius 1 is 1.27 bits per heavy atom. The molecule has 1 aromatic heterocycles. The Balaban J connectivity index is 2.37. The number of nitrogen functional groups attached to an aromatic ring is 1. The predicted molar refractivity (Wildman–Crippen MR) is 63.5 cm³/mol. The van der Waals surface area contributed by atoms with E-state index in [1.807, 2.05) is 0 Å². The van der Waals surface area contributed by atoms with Crippen LogP contribution in [-0.4, -0.2) is 18.1 Å². The van der Waals surface area contributed by atoms with Crippen molar-refractivity contribution in [2.75, 3.05) is 23.4 Å². The summed E-state index contributed by atoms with van der Waals surface area (Å²) in [6, 6.07) is 1.67. The van der Waals surface area contributed by atoms with Crippen LogP contribution in [0.15, 0.2) is 6.07 Å². The highest BCUT2D eigenvalue weighted by Gasteiger charge is 2.18. The van der Waals surface area contributed by atoms with Gasteiger partial charge >= 0.3 is 0 Å². The second-order valence-electron chi connectivity index (χ2n) is 3.46. The Bertz CT molecular complexity index is 363. The first kappa shape index (κ1) is 10.8. The molecule has 0 unspecified atom stereocenters. The molecule has 0 radical (unpaired) electrons. The van der Waals surface area contributed by atoms with Crippen molar-refractivity contribution in [2.45, 2.75) is 12.8 Å². The lowest BCUT2D eigenvalue weighted by Crippen LogP contribution is -2.20. The zero-order valence-corrected chi connectivity index (χ0v) is 9.65. The monoisotopic (exact) mass is 246 g/mol. The van der Waals surface area contributed by atoms with Gasteiger partial charge in [-0.25, -0.2) is 10.8 Å². The first-order valence-corrected chi connectivity index (χ1v) is 5.55. The maximum absolute atomic E-state index is 6.08. The summed E-state index contributed by atoms with van der Waals surface area (Å²) in [6.45, 7) is 1.97. The molecule has 1 aliphatic rings. The van der Waals surface area contributed by atoms with Crippen LogP contribution in [0.5, 0.6) is 0 Å². The van der Waals surface area contributed by atoms with E-state index in [0.717, 1.165) is 18.9 Å². The van der Waals surface area contributed by atoms with Crippen LogP contribution in [-0.2, 0) is 0 Å². The van der Waals surface area contributed by atoms with Crippen molar-refractivity contribution in [3.05, 3.63) is 16.1 Å². The van der Waals surface area contributed by atoms with Crippen LogP contribution in [0, 0.1) is 0 Å². The fourth-order valence-electron chi connectivity index (χ4n) is 1.71. The molecule has 0 amide bonds. The van der Waals surface area contributed by atoms with Crippen molar-refractivity contribution >= 4 is 34.8 Å². The molecular formula is C9H12Cl2N4. The molecule has 0 aromatic carbocycles. The van der Waals surface area contributed by atoms with Gasteiger partial charge in [0.15, 0.2) is 5.82 Å². The molecule has 1 aliphatic heterocycles. The summed E-state index contributed by atoms with van der Waals surface area (Å²) in [7, 11) is 0. The lowest BCUT2D eigenvalue weighted by molar-refractivity contribution is 0.937. The molecule has 0 saturated carbocycles. The van der Waals surface area contributed by atoms with E-state index in [2.05, 4.69) is 15.3 Å². The summed E-state index contributed by atoms with van der Waals surface area (Å²) in [5.74, 6) is 6.53. The van der Waals surface area contributed by atoms with E-state index in [1.165, 1.54) is 12.8 Å². The Labute approximate surface area is 98.3 Å². The summed E-state index contributed by atoms with van der Waals surface area (Å²) >= 11 is 12.0. The third-order valence-electron chi connectivity index (χ3n) is 2.45. The maximum atomic E-state index is 6.08. The van der Waals surface area contributed by atoms with E-state index in [0.29, 0.717) is 15.9 Å². The fourth-order valence-corrected chi connectivity index (χ4v) is 2.24. The van der Waals surface area contributed by atoms with Crippen molar-refractivity contribution in [1.29, 1.82) is 0 Å². The minimum absolute atomic E-state index is 0.436. The lowest BCUT2D eigenvalue weighted by Gasteiger charge is -2.18. The molecule has 1 fully saturated rings. The molecule has 2 heterocycles. The van der Waals surface area contributed by atoms with Gasteiger partial charge in [-0.15, -0.1) is 0 Å². The van der Waals surface area contributed by atoms with E-state index < -0.39 is 0 Å². The van der Waals surface area contributed by atoms with Crippen molar-refractivity contribution in [3.63, 3.8) is 0 Å². The van der Waals surface area contributed by atoms with Crippen LogP contribution in [0.1, 0.15) is 12.8 Å². The van der Waals surface area contributed by atoms with E-state index in [9.17, 15) is 0 Å². The molecule has 0 atom stereocenters. The van der Waals surface area contributed by atoms with E-state index >= 15 is 0 Å². The van der Waals surface area contributed by atoms with E-state index in [-0.39, 0.29) is 0 Å². The number of nitrogens with zero attached hydrogens (tertiary/aromatic N) is 2. The topological polar surface area (TPSA) is 54.2 Å². The van der Waals surface area contributed by atoms with Gasteiger partial charge < -0.3 is 10.3 Å². The number of hydrogen-bond donors (Lipinski definition) is 2. The smallest absolute Gasteiger partial charge is 0.161 e. The minimum Gasteiger partial charge on any atom is -0.355 e. The number of anilines is 2. The first-order chi connectivity index (χ1) is 7.22. The number of halogens is 2. The summed E-state index contributed by atoms with van der Waals surface area (Å²) < 4.78 is 0. The molecule has 4 nitrogen and oxygen atoms in total. The zero-order chi connectivity index (χ0) is 10.8. The van der Waals surface area contributed by atoms with Crippen LogP contribution < -0.4 is 16.2 Å². The molecular weight excluding hydrogens is 235 g/mol. The van der Waals surface area contributed by atoms with Gasteiger partial charge in [-0.3, -0.25) is 0 Å². The second kappa shape index (κ2) is 4.43. The number of pyridine rings is 1. The standard InChI is InChI=1S/C9H12Cl2N4/c10-6-5-7(11)9(13-8(6)14-12)15-3-1-2-4-15/h5H,1-4,12H2,(H,13,14). The first-order valence-electron chi connectivity index (χ1n) is 4.80. The van der Waals surface area contributed by atoms with E-state index in [4.69, 9.17) is 29.0 Å². The number of rotatable bonds is 2. The molecule has 2 rings (SSSR count). The molecule has 3 N–H and O–H groups in total. The van der Waals surface area contributed by atoms with Crippen molar-refractivity contribution in [3.8, 4) is 0 Å². The summed E-state index contributed by atoms with van der Waals surface area (Å²) in [4.78, 5) is 6.44. The Hall–Kier alpha value is -0.710. The largest absolute Gasteiger partial charge is 0.355 e. The number of hydrazine groups is 1. The maximum Gasteiger partial charge on any atom is 0.161 e. The average molecular weight is 247 g/mol. The van der Waals surface area contributed by atoms with Gasteiger partial charge in [0.25, 0.3) is 0 Å². The Morgan fingerprint density at radius 3 is 2.53 bits per heavy atom. The molecule has 1 saturated heterocycles. The van der Waals surface area contributed by atoms with Gasteiger partial charge in [0, 0.05) is 13.1 Å². The number of nitrogens with one attached hydrogen (secondary N) is 1.